The molecule has 4 N–H and O–H groups in total. The number of hydrogen-bond acceptors (Lipinski definition) is 4. The molecule has 1 saturated heterocycles. The van der Waals surface area contributed by atoms with Crippen LogP contribution >= 0.6 is 11.6 Å². The predicted octanol–water partition coefficient (Wildman–Crippen LogP) is 2.64. The summed E-state index contributed by atoms with van der Waals surface area (Å²) in [6.07, 6.45) is 7.40. The number of aliphatic hydroxyl groups is 1. The van der Waals surface area contributed by atoms with E-state index in [4.69, 9.17) is 22.7 Å². The molecule has 5 nitrogen and oxygen atoms in total. The quantitative estimate of drug-likeness (QED) is 0.388. The van der Waals surface area contributed by atoms with Crippen molar-refractivity contribution in [2.75, 3.05) is 26.2 Å². The molecule has 1 saturated carbocycles. The monoisotopic (exact) mass is 356 g/mol. The molecule has 24 heavy (non-hydrogen) atoms. The molecule has 0 radical (unpaired) electrons. The molecular formula is C18H33ClN4O. The summed E-state index contributed by atoms with van der Waals surface area (Å²) in [6.45, 7) is 6.05. The largest absolute Gasteiger partial charge is 0.390 e. The zero-order chi connectivity index (χ0) is 17.7. The van der Waals surface area contributed by atoms with E-state index in [-0.39, 0.29) is 29.2 Å². The van der Waals surface area contributed by atoms with Crippen molar-refractivity contribution in [3.63, 3.8) is 0 Å². The van der Waals surface area contributed by atoms with E-state index in [9.17, 15) is 5.11 Å². The number of aliphatic imine (C=N–C) groups is 1. The summed E-state index contributed by atoms with van der Waals surface area (Å²) in [5, 5.41) is 17.4. The van der Waals surface area contributed by atoms with Gasteiger partial charge < -0.3 is 15.7 Å². The Morgan fingerprint density at radius 3 is 2.38 bits per heavy atom. The fourth-order valence-corrected chi connectivity index (χ4v) is 4.25. The molecular weight excluding hydrogens is 324 g/mol. The van der Waals surface area contributed by atoms with Crippen LogP contribution in [0.15, 0.2) is 4.99 Å². The van der Waals surface area contributed by atoms with Gasteiger partial charge in [-0.15, -0.1) is 11.6 Å². The topological polar surface area (TPSA) is 85.7 Å². The maximum atomic E-state index is 9.42. The van der Waals surface area contributed by atoms with Gasteiger partial charge in [0, 0.05) is 13.1 Å². The van der Waals surface area contributed by atoms with Crippen molar-refractivity contribution in [3.05, 3.63) is 0 Å². The smallest absolute Gasteiger partial charge is 0.147 e. The molecule has 2 rings (SSSR count). The Labute approximate surface area is 151 Å². The molecule has 0 aromatic carbocycles. The summed E-state index contributed by atoms with van der Waals surface area (Å²) < 4.78 is 0. The molecule has 2 unspecified atom stereocenters. The number of halogens is 1. The van der Waals surface area contributed by atoms with Gasteiger partial charge in [-0.1, -0.05) is 12.8 Å². The summed E-state index contributed by atoms with van der Waals surface area (Å²) in [5.41, 5.74) is 6.63. The summed E-state index contributed by atoms with van der Waals surface area (Å²) >= 11 is 6.14. The number of alkyl halides is 1. The minimum atomic E-state index is -0.288. The van der Waals surface area contributed by atoms with Crippen LogP contribution in [0.5, 0.6) is 0 Å². The van der Waals surface area contributed by atoms with Crippen LogP contribution in [0.1, 0.15) is 52.4 Å². The van der Waals surface area contributed by atoms with E-state index in [0.717, 1.165) is 38.4 Å². The van der Waals surface area contributed by atoms with Gasteiger partial charge in [0.15, 0.2) is 0 Å². The van der Waals surface area contributed by atoms with Crippen LogP contribution in [-0.2, 0) is 0 Å². The summed E-state index contributed by atoms with van der Waals surface area (Å²) in [5.74, 6) is 1.36. The van der Waals surface area contributed by atoms with Gasteiger partial charge in [0.25, 0.3) is 0 Å². The lowest BCUT2D eigenvalue weighted by atomic mass is 9.68. The van der Waals surface area contributed by atoms with Crippen molar-refractivity contribution in [1.82, 2.24) is 4.90 Å². The first-order chi connectivity index (χ1) is 11.4. The molecule has 0 bridgehead atoms. The number of nitrogens with two attached hydrogens (primary N) is 1. The number of nitrogens with one attached hydrogen (secondary N) is 1. The molecule has 2 aliphatic rings. The fraction of sp³-hybridized carbons (Fsp3) is 0.889. The van der Waals surface area contributed by atoms with Gasteiger partial charge in [-0.25, -0.2) is 0 Å². The van der Waals surface area contributed by atoms with E-state index in [0.29, 0.717) is 5.84 Å². The van der Waals surface area contributed by atoms with E-state index in [1.807, 2.05) is 13.8 Å². The third kappa shape index (κ3) is 4.30. The molecule has 0 aromatic heterocycles. The minimum absolute atomic E-state index is 0.0791. The second kappa shape index (κ2) is 8.63. The number of likely N-dealkylation sites (tertiary alicyclic amines) is 1. The highest BCUT2D eigenvalue weighted by Gasteiger charge is 2.42. The molecule has 2 atom stereocenters. The van der Waals surface area contributed by atoms with Crippen molar-refractivity contribution >= 4 is 23.1 Å². The van der Waals surface area contributed by atoms with Crippen molar-refractivity contribution in [2.24, 2.45) is 22.1 Å². The summed E-state index contributed by atoms with van der Waals surface area (Å²) in [6, 6.07) is -0.0791. The zero-order valence-electron chi connectivity index (χ0n) is 15.1. The van der Waals surface area contributed by atoms with Crippen LogP contribution < -0.4 is 5.73 Å². The van der Waals surface area contributed by atoms with E-state index < -0.39 is 0 Å². The first kappa shape index (κ1) is 19.7. The van der Waals surface area contributed by atoms with E-state index >= 15 is 0 Å². The predicted molar refractivity (Wildman–Crippen MR) is 101 cm³/mol. The molecule has 0 aromatic rings. The number of nitrogens with zero attached hydrogens (tertiary/aromatic N) is 2. The number of amidine groups is 1. The first-order valence-corrected chi connectivity index (χ1v) is 9.72. The third-order valence-electron chi connectivity index (χ3n) is 6.11. The molecule has 6 heteroatoms. The van der Waals surface area contributed by atoms with Gasteiger partial charge in [0.2, 0.25) is 0 Å². The number of aliphatic hydroxyl groups excluding tert-OH is 1. The van der Waals surface area contributed by atoms with Gasteiger partial charge in [-0.3, -0.25) is 10.4 Å². The van der Waals surface area contributed by atoms with Gasteiger partial charge in [0.05, 0.1) is 23.7 Å². The lowest BCUT2D eigenvalue weighted by Crippen LogP contribution is -2.51. The summed E-state index contributed by atoms with van der Waals surface area (Å²) in [7, 11) is 0. The van der Waals surface area contributed by atoms with Crippen LogP contribution in [0.2, 0.25) is 0 Å². The SMILES string of the molecule is CC(Cl)C(C)/N=C(\C(=N)CO)N1CCC(CN)(C2CCCC2)CC1. The summed E-state index contributed by atoms with van der Waals surface area (Å²) in [4.78, 5) is 6.79. The Morgan fingerprint density at radius 1 is 1.33 bits per heavy atom. The highest BCUT2D eigenvalue weighted by Crippen LogP contribution is 2.46. The lowest BCUT2D eigenvalue weighted by molar-refractivity contribution is 0.0849. The zero-order valence-corrected chi connectivity index (χ0v) is 15.9. The van der Waals surface area contributed by atoms with Gasteiger partial charge in [0.1, 0.15) is 5.84 Å². The van der Waals surface area contributed by atoms with Crippen LogP contribution in [-0.4, -0.2) is 59.2 Å². The standard InChI is InChI=1S/C18H33ClN4O/c1-13(19)14(2)22-17(16(21)11-24)23-9-7-18(12-20,8-10-23)15-5-3-4-6-15/h13-15,21,24H,3-12,20H2,1-2H3/b21-16?,22-17+. The Kier molecular flexibility index (Phi) is 7.08. The van der Waals surface area contributed by atoms with Crippen molar-refractivity contribution in [2.45, 2.75) is 63.8 Å². The minimum Gasteiger partial charge on any atom is -0.390 e. The van der Waals surface area contributed by atoms with Crippen molar-refractivity contribution in [1.29, 1.82) is 5.41 Å². The number of hydrogen-bond donors (Lipinski definition) is 3. The molecule has 138 valence electrons. The van der Waals surface area contributed by atoms with E-state index in [1.54, 1.807) is 0 Å². The fourth-order valence-electron chi connectivity index (χ4n) is 4.20. The second-order valence-electron chi connectivity index (χ2n) is 7.54. The molecule has 0 spiro atoms. The normalized spacial score (nSPS) is 24.9. The Hall–Kier alpha value is -0.650. The molecule has 1 aliphatic heterocycles. The third-order valence-corrected chi connectivity index (χ3v) is 6.47. The molecule has 2 fully saturated rings. The highest BCUT2D eigenvalue weighted by molar-refractivity contribution is 6.40. The lowest BCUT2D eigenvalue weighted by Gasteiger charge is -2.46. The molecule has 1 aliphatic carbocycles. The average Bonchev–Trinajstić information content (AvgIpc) is 3.14. The van der Waals surface area contributed by atoms with Crippen LogP contribution in [0.4, 0.5) is 0 Å². The molecule has 1 heterocycles. The number of rotatable bonds is 6. The first-order valence-electron chi connectivity index (χ1n) is 9.29. The Morgan fingerprint density at radius 2 is 1.92 bits per heavy atom. The van der Waals surface area contributed by atoms with E-state index in [2.05, 4.69) is 9.89 Å². The highest BCUT2D eigenvalue weighted by atomic mass is 35.5. The van der Waals surface area contributed by atoms with Crippen molar-refractivity contribution < 1.29 is 5.11 Å². The Bertz CT molecular complexity index is 452. The van der Waals surface area contributed by atoms with Crippen LogP contribution in [0.25, 0.3) is 0 Å². The van der Waals surface area contributed by atoms with Crippen LogP contribution in [0.3, 0.4) is 0 Å². The maximum Gasteiger partial charge on any atom is 0.147 e. The van der Waals surface area contributed by atoms with Crippen molar-refractivity contribution in [3.8, 4) is 0 Å². The Balaban J connectivity index is 2.10. The second-order valence-corrected chi connectivity index (χ2v) is 8.23. The van der Waals surface area contributed by atoms with Gasteiger partial charge in [-0.05, 0) is 57.4 Å². The van der Waals surface area contributed by atoms with Gasteiger partial charge in [-0.2, -0.15) is 0 Å². The average molecular weight is 357 g/mol. The van der Waals surface area contributed by atoms with Crippen LogP contribution in [0, 0.1) is 16.7 Å². The van der Waals surface area contributed by atoms with E-state index in [1.165, 1.54) is 25.7 Å². The maximum absolute atomic E-state index is 9.42. The van der Waals surface area contributed by atoms with Gasteiger partial charge >= 0.3 is 0 Å². The number of piperidine rings is 1. The molecule has 0 amide bonds.